The number of aromatic nitrogens is 1. The van der Waals surface area contributed by atoms with Crippen molar-refractivity contribution < 1.29 is 19.1 Å². The topological polar surface area (TPSA) is 109 Å². The fourth-order valence-electron chi connectivity index (χ4n) is 5.04. The minimum Gasteiger partial charge on any atom is -0.444 e. The van der Waals surface area contributed by atoms with E-state index in [1.807, 2.05) is 75.4 Å². The highest BCUT2D eigenvalue weighted by Crippen LogP contribution is 2.29. The van der Waals surface area contributed by atoms with Crippen molar-refractivity contribution in [2.45, 2.75) is 65.5 Å². The van der Waals surface area contributed by atoms with E-state index in [-0.39, 0.29) is 17.9 Å². The molecule has 1 heterocycles. The van der Waals surface area contributed by atoms with Crippen molar-refractivity contribution in [3.05, 3.63) is 65.7 Å². The number of carbonyl (C=O) groups is 3. The molecule has 1 aliphatic carbocycles. The molecule has 8 heteroatoms. The van der Waals surface area contributed by atoms with E-state index in [1.54, 1.807) is 0 Å². The Morgan fingerprint density at radius 3 is 2.12 bits per heavy atom. The minimum absolute atomic E-state index is 0.0702. The predicted octanol–water partition coefficient (Wildman–Crippen LogP) is 5.60. The lowest BCUT2D eigenvalue weighted by atomic mass is 9.82. The second-order valence-corrected chi connectivity index (χ2v) is 11.7. The SMILES string of the molecule is CC(=O)NCc1ccc(-c2cc(C(=O)NC[C@H]3CC[C@H](CNC(=O)OC(C)(C)C)CC3)c3ccccc3n2)cc1. The normalized spacial score (nSPS) is 17.2. The van der Waals surface area contributed by atoms with Crippen LogP contribution in [-0.4, -0.2) is 41.6 Å². The van der Waals surface area contributed by atoms with Crippen molar-refractivity contribution in [2.24, 2.45) is 11.8 Å². The van der Waals surface area contributed by atoms with Crippen molar-refractivity contribution in [2.75, 3.05) is 13.1 Å². The average Bonchev–Trinajstić information content (AvgIpc) is 2.93. The molecular formula is C32H40N4O4. The van der Waals surface area contributed by atoms with Crippen LogP contribution in [0.4, 0.5) is 4.79 Å². The third-order valence-electron chi connectivity index (χ3n) is 7.20. The number of ether oxygens (including phenoxy) is 1. The maximum Gasteiger partial charge on any atom is 0.407 e. The van der Waals surface area contributed by atoms with E-state index in [0.29, 0.717) is 37.0 Å². The Morgan fingerprint density at radius 2 is 1.50 bits per heavy atom. The maximum absolute atomic E-state index is 13.4. The van der Waals surface area contributed by atoms with Crippen LogP contribution < -0.4 is 16.0 Å². The highest BCUT2D eigenvalue weighted by Gasteiger charge is 2.24. The van der Waals surface area contributed by atoms with Crippen LogP contribution in [0.15, 0.2) is 54.6 Å². The summed E-state index contributed by atoms with van der Waals surface area (Å²) in [5.41, 5.74) is 3.51. The van der Waals surface area contributed by atoms with Gasteiger partial charge in [-0.05, 0) is 76.0 Å². The number of carbonyl (C=O) groups excluding carboxylic acids is 3. The Balaban J connectivity index is 1.36. The smallest absolute Gasteiger partial charge is 0.407 e. The first-order chi connectivity index (χ1) is 19.1. The Labute approximate surface area is 236 Å². The van der Waals surface area contributed by atoms with Crippen molar-refractivity contribution in [1.29, 1.82) is 0 Å². The molecule has 8 nitrogen and oxygen atoms in total. The van der Waals surface area contributed by atoms with Gasteiger partial charge in [0, 0.05) is 37.5 Å². The van der Waals surface area contributed by atoms with Crippen molar-refractivity contribution in [3.63, 3.8) is 0 Å². The van der Waals surface area contributed by atoms with Gasteiger partial charge in [0.1, 0.15) is 5.60 Å². The highest BCUT2D eigenvalue weighted by molar-refractivity contribution is 6.07. The average molecular weight is 545 g/mol. The number of amides is 3. The summed E-state index contributed by atoms with van der Waals surface area (Å²) in [6.07, 6.45) is 3.67. The molecule has 0 spiro atoms. The summed E-state index contributed by atoms with van der Waals surface area (Å²) in [5, 5.41) is 9.69. The summed E-state index contributed by atoms with van der Waals surface area (Å²) in [7, 11) is 0. The van der Waals surface area contributed by atoms with Gasteiger partial charge in [-0.25, -0.2) is 9.78 Å². The Morgan fingerprint density at radius 1 is 0.875 bits per heavy atom. The van der Waals surface area contributed by atoms with E-state index in [2.05, 4.69) is 16.0 Å². The van der Waals surface area contributed by atoms with Crippen LogP contribution in [0.2, 0.25) is 0 Å². The van der Waals surface area contributed by atoms with Crippen LogP contribution in [-0.2, 0) is 16.1 Å². The summed E-state index contributed by atoms with van der Waals surface area (Å²) in [5.74, 6) is 0.663. The van der Waals surface area contributed by atoms with E-state index < -0.39 is 5.60 Å². The zero-order valence-corrected chi connectivity index (χ0v) is 23.9. The van der Waals surface area contributed by atoms with Gasteiger partial charge >= 0.3 is 6.09 Å². The monoisotopic (exact) mass is 544 g/mol. The number of hydrogen-bond donors (Lipinski definition) is 3. The van der Waals surface area contributed by atoms with Gasteiger partial charge in [-0.15, -0.1) is 0 Å². The first-order valence-corrected chi connectivity index (χ1v) is 14.1. The fraction of sp³-hybridized carbons (Fsp3) is 0.438. The molecule has 0 unspecified atom stereocenters. The van der Waals surface area contributed by atoms with Gasteiger partial charge in [0.15, 0.2) is 0 Å². The number of fused-ring (bicyclic) bond motifs is 1. The van der Waals surface area contributed by atoms with Crippen LogP contribution in [0.25, 0.3) is 22.2 Å². The number of para-hydroxylation sites is 1. The van der Waals surface area contributed by atoms with Gasteiger partial charge in [0.05, 0.1) is 16.8 Å². The Kier molecular flexibility index (Phi) is 9.40. The molecule has 2 aromatic carbocycles. The lowest BCUT2D eigenvalue weighted by Gasteiger charge is -2.29. The third kappa shape index (κ3) is 8.28. The predicted molar refractivity (Wildman–Crippen MR) is 157 cm³/mol. The maximum atomic E-state index is 13.4. The first kappa shape index (κ1) is 29.1. The van der Waals surface area contributed by atoms with E-state index in [9.17, 15) is 14.4 Å². The fourth-order valence-corrected chi connectivity index (χ4v) is 5.04. The van der Waals surface area contributed by atoms with Gasteiger partial charge in [-0.1, -0.05) is 42.5 Å². The molecule has 1 aliphatic rings. The Bertz CT molecular complexity index is 1340. The van der Waals surface area contributed by atoms with Crippen LogP contribution in [0, 0.1) is 11.8 Å². The van der Waals surface area contributed by atoms with Crippen LogP contribution in [0.1, 0.15) is 69.3 Å². The molecule has 1 fully saturated rings. The summed E-state index contributed by atoms with van der Waals surface area (Å²) in [6, 6.07) is 17.4. The second kappa shape index (κ2) is 12.9. The van der Waals surface area contributed by atoms with Gasteiger partial charge < -0.3 is 20.7 Å². The molecule has 0 bridgehead atoms. The number of alkyl carbamates (subject to hydrolysis) is 1. The van der Waals surface area contributed by atoms with Gasteiger partial charge in [0.2, 0.25) is 5.91 Å². The first-order valence-electron chi connectivity index (χ1n) is 14.1. The number of rotatable bonds is 8. The molecule has 0 radical (unpaired) electrons. The zero-order valence-electron chi connectivity index (χ0n) is 23.9. The quantitative estimate of drug-likeness (QED) is 0.342. The van der Waals surface area contributed by atoms with E-state index in [0.717, 1.165) is 53.4 Å². The van der Waals surface area contributed by atoms with E-state index >= 15 is 0 Å². The number of benzene rings is 2. The largest absolute Gasteiger partial charge is 0.444 e. The zero-order chi connectivity index (χ0) is 28.7. The molecule has 0 saturated heterocycles. The summed E-state index contributed by atoms with van der Waals surface area (Å²) >= 11 is 0. The molecule has 3 aromatic rings. The molecule has 4 rings (SSSR count). The molecule has 0 aliphatic heterocycles. The van der Waals surface area contributed by atoms with Crippen molar-refractivity contribution in [3.8, 4) is 11.3 Å². The molecule has 3 N–H and O–H groups in total. The molecule has 212 valence electrons. The highest BCUT2D eigenvalue weighted by atomic mass is 16.6. The van der Waals surface area contributed by atoms with Crippen LogP contribution >= 0.6 is 0 Å². The standard InChI is InChI=1S/C32H40N4O4/c1-21(37)33-18-24-13-15-25(16-14-24)29-17-27(26-7-5-6-8-28(26)36-29)30(38)34-19-22-9-11-23(12-10-22)20-35-31(39)40-32(2,3)4/h5-8,13-17,22-23H,9-12,18-20H2,1-4H3,(H,33,37)(H,34,38)(H,35,39)/t22-,23-. The molecule has 1 aromatic heterocycles. The van der Waals surface area contributed by atoms with Crippen LogP contribution in [0.5, 0.6) is 0 Å². The Hall–Kier alpha value is -3.94. The molecule has 1 saturated carbocycles. The number of nitrogens with one attached hydrogen (secondary N) is 3. The summed E-state index contributed by atoms with van der Waals surface area (Å²) in [4.78, 5) is 41.4. The van der Waals surface area contributed by atoms with E-state index in [1.165, 1.54) is 6.92 Å². The summed E-state index contributed by atoms with van der Waals surface area (Å²) < 4.78 is 5.33. The van der Waals surface area contributed by atoms with E-state index in [4.69, 9.17) is 9.72 Å². The van der Waals surface area contributed by atoms with Gasteiger partial charge in [0.25, 0.3) is 5.91 Å². The lowest BCUT2D eigenvalue weighted by molar-refractivity contribution is -0.119. The van der Waals surface area contributed by atoms with Gasteiger partial charge in [-0.3, -0.25) is 9.59 Å². The molecular weight excluding hydrogens is 504 g/mol. The molecule has 40 heavy (non-hydrogen) atoms. The minimum atomic E-state index is -0.500. The van der Waals surface area contributed by atoms with Crippen LogP contribution in [0.3, 0.4) is 0 Å². The van der Waals surface area contributed by atoms with Crippen molar-refractivity contribution >= 4 is 28.8 Å². The number of hydrogen-bond acceptors (Lipinski definition) is 5. The number of nitrogens with zero attached hydrogens (tertiary/aromatic N) is 1. The van der Waals surface area contributed by atoms with Gasteiger partial charge in [-0.2, -0.15) is 0 Å². The third-order valence-corrected chi connectivity index (χ3v) is 7.20. The summed E-state index contributed by atoms with van der Waals surface area (Å²) in [6.45, 7) is 8.78. The number of pyridine rings is 1. The van der Waals surface area contributed by atoms with Crippen molar-refractivity contribution in [1.82, 2.24) is 20.9 Å². The lowest BCUT2D eigenvalue weighted by Crippen LogP contribution is -2.37. The molecule has 0 atom stereocenters. The second-order valence-electron chi connectivity index (χ2n) is 11.7. The molecule has 3 amide bonds.